The van der Waals surface area contributed by atoms with Crippen molar-refractivity contribution < 1.29 is 19.4 Å². The minimum Gasteiger partial charge on any atom is -0.493 e. The molecular formula is C19H23ClN2O4S. The number of aromatic nitrogens is 1. The molecule has 0 fully saturated rings. The predicted octanol–water partition coefficient (Wildman–Crippen LogP) is 3.62. The molecule has 0 bridgehead atoms. The minimum atomic E-state index is -0.840. The molecule has 0 spiro atoms. The third-order valence-electron chi connectivity index (χ3n) is 3.87. The highest BCUT2D eigenvalue weighted by molar-refractivity contribution is 7.98. The number of carboxylic acid groups (broad SMARTS) is 1. The second kappa shape index (κ2) is 11.0. The molecule has 2 N–H and O–H groups in total. The third-order valence-corrected chi connectivity index (χ3v) is 4.74. The first-order chi connectivity index (χ1) is 13.0. The fraction of sp³-hybridized carbons (Fsp3) is 0.368. The van der Waals surface area contributed by atoms with Crippen LogP contribution in [0.15, 0.2) is 36.5 Å². The molecule has 0 saturated carbocycles. The number of nitrogens with zero attached hydrogens (tertiary/aromatic N) is 1. The molecule has 1 heterocycles. The van der Waals surface area contributed by atoms with Crippen LogP contribution in [0.3, 0.4) is 0 Å². The third kappa shape index (κ3) is 6.93. The molecule has 0 saturated heterocycles. The predicted molar refractivity (Wildman–Crippen MR) is 108 cm³/mol. The number of hydrogen-bond donors (Lipinski definition) is 2. The SMILES string of the molecule is COc1cc(CNC(CCSC)C(=O)O)ccc1OCc1ccc(Cl)nc1. The number of thioether (sulfide) groups is 1. The van der Waals surface area contributed by atoms with Gasteiger partial charge >= 0.3 is 5.97 Å². The topological polar surface area (TPSA) is 80.7 Å². The average Bonchev–Trinajstić information content (AvgIpc) is 2.67. The molecule has 0 aliphatic carbocycles. The lowest BCUT2D eigenvalue weighted by Gasteiger charge is -2.15. The molecule has 1 atom stereocenters. The molecule has 146 valence electrons. The second-order valence-corrected chi connectivity index (χ2v) is 7.19. The maximum atomic E-state index is 11.3. The minimum absolute atomic E-state index is 0.341. The van der Waals surface area contributed by atoms with Crippen molar-refractivity contribution in [3.8, 4) is 11.5 Å². The number of methoxy groups -OCH3 is 1. The van der Waals surface area contributed by atoms with E-state index in [-0.39, 0.29) is 0 Å². The van der Waals surface area contributed by atoms with Gasteiger partial charge in [-0.2, -0.15) is 11.8 Å². The number of hydrogen-bond acceptors (Lipinski definition) is 6. The maximum absolute atomic E-state index is 11.3. The summed E-state index contributed by atoms with van der Waals surface area (Å²) in [7, 11) is 1.57. The number of pyridine rings is 1. The molecule has 0 radical (unpaired) electrons. The van der Waals surface area contributed by atoms with Crippen molar-refractivity contribution >= 4 is 29.3 Å². The summed E-state index contributed by atoms with van der Waals surface area (Å²) >= 11 is 7.41. The molecule has 2 aromatic rings. The smallest absolute Gasteiger partial charge is 0.320 e. The molecule has 1 aromatic carbocycles. The summed E-state index contributed by atoms with van der Waals surface area (Å²) < 4.78 is 11.2. The molecule has 0 aliphatic heterocycles. The van der Waals surface area contributed by atoms with Crippen LogP contribution >= 0.6 is 23.4 Å². The number of aliphatic carboxylic acids is 1. The lowest BCUT2D eigenvalue weighted by Crippen LogP contribution is -2.36. The zero-order chi connectivity index (χ0) is 19.6. The van der Waals surface area contributed by atoms with Crippen molar-refractivity contribution in [3.05, 3.63) is 52.8 Å². The number of carbonyl (C=O) groups is 1. The van der Waals surface area contributed by atoms with E-state index in [2.05, 4.69) is 10.3 Å². The van der Waals surface area contributed by atoms with Crippen molar-refractivity contribution in [2.75, 3.05) is 19.1 Å². The Kier molecular flexibility index (Phi) is 8.71. The van der Waals surface area contributed by atoms with E-state index in [1.807, 2.05) is 30.5 Å². The van der Waals surface area contributed by atoms with Gasteiger partial charge in [-0.3, -0.25) is 4.79 Å². The van der Waals surface area contributed by atoms with Gasteiger partial charge < -0.3 is 19.9 Å². The Balaban J connectivity index is 1.97. The van der Waals surface area contributed by atoms with Crippen molar-refractivity contribution in [1.29, 1.82) is 0 Å². The summed E-state index contributed by atoms with van der Waals surface area (Å²) in [5.41, 5.74) is 1.81. The Labute approximate surface area is 168 Å². The first kappa shape index (κ1) is 21.3. The van der Waals surface area contributed by atoms with Gasteiger partial charge in [0.1, 0.15) is 17.8 Å². The summed E-state index contributed by atoms with van der Waals surface area (Å²) in [5, 5.41) is 12.8. The molecule has 1 unspecified atom stereocenters. The van der Waals surface area contributed by atoms with E-state index >= 15 is 0 Å². The van der Waals surface area contributed by atoms with Gasteiger partial charge in [0.2, 0.25) is 0 Å². The molecule has 1 aromatic heterocycles. The largest absolute Gasteiger partial charge is 0.493 e. The van der Waals surface area contributed by atoms with Crippen molar-refractivity contribution in [2.24, 2.45) is 0 Å². The molecular weight excluding hydrogens is 388 g/mol. The van der Waals surface area contributed by atoms with E-state index in [0.717, 1.165) is 16.9 Å². The van der Waals surface area contributed by atoms with E-state index in [0.29, 0.717) is 36.2 Å². The van der Waals surface area contributed by atoms with Crippen LogP contribution in [-0.2, 0) is 17.9 Å². The lowest BCUT2D eigenvalue weighted by atomic mass is 10.1. The Morgan fingerprint density at radius 3 is 2.70 bits per heavy atom. The van der Waals surface area contributed by atoms with Crippen LogP contribution in [0.4, 0.5) is 0 Å². The standard InChI is InChI=1S/C19H23ClN2O4S/c1-25-17-9-13(10-21-15(19(23)24)7-8-27-2)3-5-16(17)26-12-14-4-6-18(20)22-11-14/h3-6,9,11,15,21H,7-8,10,12H2,1-2H3,(H,23,24). The van der Waals surface area contributed by atoms with Crippen LogP contribution < -0.4 is 14.8 Å². The zero-order valence-electron chi connectivity index (χ0n) is 15.3. The van der Waals surface area contributed by atoms with Crippen molar-refractivity contribution in [1.82, 2.24) is 10.3 Å². The van der Waals surface area contributed by atoms with Crippen LogP contribution in [-0.4, -0.2) is 41.2 Å². The maximum Gasteiger partial charge on any atom is 0.320 e. The van der Waals surface area contributed by atoms with E-state index in [1.165, 1.54) is 0 Å². The number of ether oxygens (including phenoxy) is 2. The number of halogens is 1. The van der Waals surface area contributed by atoms with E-state index < -0.39 is 12.0 Å². The van der Waals surface area contributed by atoms with Crippen LogP contribution in [0, 0.1) is 0 Å². The summed E-state index contributed by atoms with van der Waals surface area (Å²) in [4.78, 5) is 15.3. The van der Waals surface area contributed by atoms with Gasteiger partial charge in [0.15, 0.2) is 11.5 Å². The van der Waals surface area contributed by atoms with Gasteiger partial charge in [-0.1, -0.05) is 23.7 Å². The molecule has 0 aliphatic rings. The second-order valence-electron chi connectivity index (χ2n) is 5.82. The van der Waals surface area contributed by atoms with Gasteiger partial charge in [-0.05, 0) is 42.2 Å². The zero-order valence-corrected chi connectivity index (χ0v) is 16.8. The van der Waals surface area contributed by atoms with Gasteiger partial charge in [0, 0.05) is 18.3 Å². The number of rotatable bonds is 11. The van der Waals surface area contributed by atoms with Gasteiger partial charge in [0.05, 0.1) is 7.11 Å². The van der Waals surface area contributed by atoms with E-state index in [9.17, 15) is 9.90 Å². The Morgan fingerprint density at radius 2 is 2.07 bits per heavy atom. The quantitative estimate of drug-likeness (QED) is 0.547. The summed E-state index contributed by atoms with van der Waals surface area (Å²) in [5.74, 6) is 1.15. The normalized spacial score (nSPS) is 11.8. The highest BCUT2D eigenvalue weighted by Crippen LogP contribution is 2.29. The van der Waals surface area contributed by atoms with E-state index in [1.54, 1.807) is 31.1 Å². The Hall–Kier alpha value is -1.96. The van der Waals surface area contributed by atoms with Crippen LogP contribution in [0.25, 0.3) is 0 Å². The summed E-state index contributed by atoms with van der Waals surface area (Å²) in [6, 6.07) is 8.53. The number of carboxylic acids is 1. The van der Waals surface area contributed by atoms with Crippen molar-refractivity contribution in [3.63, 3.8) is 0 Å². The van der Waals surface area contributed by atoms with Gasteiger partial charge in [0.25, 0.3) is 0 Å². The number of nitrogens with one attached hydrogen (secondary N) is 1. The lowest BCUT2D eigenvalue weighted by molar-refractivity contribution is -0.139. The highest BCUT2D eigenvalue weighted by atomic mass is 35.5. The first-order valence-corrected chi connectivity index (χ1v) is 10.2. The highest BCUT2D eigenvalue weighted by Gasteiger charge is 2.16. The Morgan fingerprint density at radius 1 is 1.30 bits per heavy atom. The van der Waals surface area contributed by atoms with Crippen molar-refractivity contribution in [2.45, 2.75) is 25.6 Å². The number of benzene rings is 1. The molecule has 2 rings (SSSR count). The monoisotopic (exact) mass is 410 g/mol. The Bertz CT molecular complexity index is 743. The molecule has 0 amide bonds. The van der Waals surface area contributed by atoms with Gasteiger partial charge in [-0.25, -0.2) is 4.98 Å². The van der Waals surface area contributed by atoms with E-state index in [4.69, 9.17) is 21.1 Å². The van der Waals surface area contributed by atoms with Crippen LogP contribution in [0.1, 0.15) is 17.5 Å². The fourth-order valence-electron chi connectivity index (χ4n) is 2.38. The summed E-state index contributed by atoms with van der Waals surface area (Å²) in [6.45, 7) is 0.775. The summed E-state index contributed by atoms with van der Waals surface area (Å²) in [6.07, 6.45) is 4.19. The van der Waals surface area contributed by atoms with Crippen LogP contribution in [0.5, 0.6) is 11.5 Å². The molecule has 6 nitrogen and oxygen atoms in total. The molecule has 27 heavy (non-hydrogen) atoms. The first-order valence-electron chi connectivity index (χ1n) is 8.38. The van der Waals surface area contributed by atoms with Crippen LogP contribution in [0.2, 0.25) is 5.15 Å². The molecule has 8 heteroatoms. The van der Waals surface area contributed by atoms with Gasteiger partial charge in [-0.15, -0.1) is 0 Å². The fourth-order valence-corrected chi connectivity index (χ4v) is 2.97. The average molecular weight is 411 g/mol.